The molecule has 0 aromatic carbocycles. The molecule has 0 bridgehead atoms. The van der Waals surface area contributed by atoms with E-state index in [0.29, 0.717) is 11.5 Å². The largest absolute Gasteiger partial charge is 0.383 e. The van der Waals surface area contributed by atoms with E-state index in [1.54, 1.807) is 25.8 Å². The van der Waals surface area contributed by atoms with Crippen LogP contribution in [0.1, 0.15) is 12.5 Å². The van der Waals surface area contributed by atoms with Gasteiger partial charge < -0.3 is 15.6 Å². The third-order valence-electron chi connectivity index (χ3n) is 3.46. The van der Waals surface area contributed by atoms with Crippen LogP contribution < -0.4 is 10.6 Å². The van der Waals surface area contributed by atoms with Gasteiger partial charge in [0.15, 0.2) is 5.65 Å². The van der Waals surface area contributed by atoms with Gasteiger partial charge in [-0.2, -0.15) is 0 Å². The van der Waals surface area contributed by atoms with Crippen molar-refractivity contribution in [1.82, 2.24) is 19.9 Å². The summed E-state index contributed by atoms with van der Waals surface area (Å²) in [5.41, 5.74) is 9.14. The molecule has 0 aliphatic carbocycles. The summed E-state index contributed by atoms with van der Waals surface area (Å²) < 4.78 is 0. The number of aromatic nitrogens is 4. The quantitative estimate of drug-likeness (QED) is 0.565. The molecule has 3 aromatic heterocycles. The maximum absolute atomic E-state index is 6.12. The van der Waals surface area contributed by atoms with E-state index in [4.69, 9.17) is 5.73 Å². The fourth-order valence-electron chi connectivity index (χ4n) is 2.43. The molecule has 3 N–H and O–H groups in total. The van der Waals surface area contributed by atoms with Crippen molar-refractivity contribution < 1.29 is 0 Å². The van der Waals surface area contributed by atoms with Crippen molar-refractivity contribution >= 4 is 28.5 Å². The number of anilines is 2. The molecule has 0 aliphatic heterocycles. The van der Waals surface area contributed by atoms with Crippen LogP contribution in [0.2, 0.25) is 0 Å². The van der Waals surface area contributed by atoms with Crippen molar-refractivity contribution in [2.24, 2.45) is 10.7 Å². The summed E-state index contributed by atoms with van der Waals surface area (Å²) >= 11 is 0. The maximum atomic E-state index is 6.12. The highest BCUT2D eigenvalue weighted by atomic mass is 15.2. The summed E-state index contributed by atoms with van der Waals surface area (Å²) in [4.78, 5) is 22.3. The lowest BCUT2D eigenvalue weighted by atomic mass is 10.1. The third-order valence-corrected chi connectivity index (χ3v) is 3.46. The van der Waals surface area contributed by atoms with E-state index >= 15 is 0 Å². The Bertz CT molecular complexity index is 807. The molecule has 0 unspecified atom stereocenters. The van der Waals surface area contributed by atoms with E-state index in [-0.39, 0.29) is 0 Å². The van der Waals surface area contributed by atoms with Gasteiger partial charge in [-0.1, -0.05) is 6.07 Å². The highest BCUT2D eigenvalue weighted by Crippen LogP contribution is 2.29. The molecule has 112 valence electrons. The van der Waals surface area contributed by atoms with Crippen LogP contribution in [0.25, 0.3) is 11.2 Å². The van der Waals surface area contributed by atoms with E-state index < -0.39 is 0 Å². The van der Waals surface area contributed by atoms with Crippen LogP contribution in [0.5, 0.6) is 0 Å². The number of nitrogens with one attached hydrogen (secondary N) is 1. The standard InChI is InChI=1S/C15H17N7/c1-3-22(11-6-4-5-7-18-11)10-8-19-15-13(20-9-21-15)12(10)14(16)17-2/h4-9H,3H2,1-2H3,(H2,16,17)(H,19,20,21). The number of nitrogens with two attached hydrogens (primary N) is 1. The second-order valence-corrected chi connectivity index (χ2v) is 4.66. The number of nitrogens with zero attached hydrogens (tertiary/aromatic N) is 5. The van der Waals surface area contributed by atoms with Crippen molar-refractivity contribution in [2.75, 3.05) is 18.5 Å². The van der Waals surface area contributed by atoms with Gasteiger partial charge in [-0.25, -0.2) is 15.0 Å². The monoisotopic (exact) mass is 295 g/mol. The first kappa shape index (κ1) is 14.0. The van der Waals surface area contributed by atoms with Crippen LogP contribution >= 0.6 is 0 Å². The second-order valence-electron chi connectivity index (χ2n) is 4.66. The summed E-state index contributed by atoms with van der Waals surface area (Å²) in [5, 5.41) is 0. The zero-order valence-electron chi connectivity index (χ0n) is 12.5. The first-order valence-corrected chi connectivity index (χ1v) is 6.99. The number of aromatic amines is 1. The number of amidine groups is 1. The molecule has 0 spiro atoms. The Labute approximate surface area is 127 Å². The van der Waals surface area contributed by atoms with Gasteiger partial charge in [0.1, 0.15) is 11.7 Å². The van der Waals surface area contributed by atoms with E-state index in [1.807, 2.05) is 23.1 Å². The van der Waals surface area contributed by atoms with Gasteiger partial charge in [0.25, 0.3) is 0 Å². The van der Waals surface area contributed by atoms with E-state index in [2.05, 4.69) is 31.9 Å². The van der Waals surface area contributed by atoms with Crippen LogP contribution in [-0.2, 0) is 0 Å². The van der Waals surface area contributed by atoms with Gasteiger partial charge in [0, 0.05) is 19.8 Å². The maximum Gasteiger partial charge on any atom is 0.178 e. The molecule has 3 aromatic rings. The van der Waals surface area contributed by atoms with Crippen molar-refractivity contribution in [3.63, 3.8) is 0 Å². The lowest BCUT2D eigenvalue weighted by Crippen LogP contribution is -2.23. The number of rotatable bonds is 4. The zero-order valence-corrected chi connectivity index (χ0v) is 12.5. The molecule has 0 fully saturated rings. The van der Waals surface area contributed by atoms with Gasteiger partial charge in [-0.3, -0.25) is 4.99 Å². The molecule has 7 nitrogen and oxygen atoms in total. The SMILES string of the molecule is CCN(c1ccccn1)c1cnc2nc[nH]c2c1C(N)=NC. The molecule has 0 saturated heterocycles. The van der Waals surface area contributed by atoms with Gasteiger partial charge in [0.05, 0.1) is 29.3 Å². The lowest BCUT2D eigenvalue weighted by molar-refractivity contribution is 0.983. The normalized spacial score (nSPS) is 11.8. The highest BCUT2D eigenvalue weighted by molar-refractivity contribution is 6.11. The molecule has 0 saturated carbocycles. The molecule has 0 amide bonds. The fraction of sp³-hybridized carbons (Fsp3) is 0.200. The molecule has 3 heterocycles. The molecule has 22 heavy (non-hydrogen) atoms. The molecule has 0 aliphatic rings. The first-order chi connectivity index (χ1) is 10.8. The van der Waals surface area contributed by atoms with Gasteiger partial charge in [-0.15, -0.1) is 0 Å². The first-order valence-electron chi connectivity index (χ1n) is 6.99. The Morgan fingerprint density at radius 2 is 2.18 bits per heavy atom. The highest BCUT2D eigenvalue weighted by Gasteiger charge is 2.19. The number of H-pyrrole nitrogens is 1. The lowest BCUT2D eigenvalue weighted by Gasteiger charge is -2.24. The Balaban J connectivity index is 2.25. The van der Waals surface area contributed by atoms with Crippen molar-refractivity contribution in [3.8, 4) is 0 Å². The van der Waals surface area contributed by atoms with Crippen molar-refractivity contribution in [1.29, 1.82) is 0 Å². The number of imidazole rings is 1. The van der Waals surface area contributed by atoms with E-state index in [9.17, 15) is 0 Å². The number of fused-ring (bicyclic) bond motifs is 1. The summed E-state index contributed by atoms with van der Waals surface area (Å²) in [6.07, 6.45) is 5.12. The number of aliphatic imine (C=N–C) groups is 1. The zero-order chi connectivity index (χ0) is 15.5. The Hall–Kier alpha value is -2.96. The van der Waals surface area contributed by atoms with Gasteiger partial charge in [-0.05, 0) is 19.1 Å². The predicted molar refractivity (Wildman–Crippen MR) is 87.5 cm³/mol. The van der Waals surface area contributed by atoms with Crippen LogP contribution in [0.15, 0.2) is 41.9 Å². The average molecular weight is 295 g/mol. The molecular weight excluding hydrogens is 278 g/mol. The average Bonchev–Trinajstić information content (AvgIpc) is 3.04. The van der Waals surface area contributed by atoms with Crippen LogP contribution in [0.4, 0.5) is 11.5 Å². The van der Waals surface area contributed by atoms with Crippen LogP contribution in [0, 0.1) is 0 Å². The topological polar surface area (TPSA) is 96.1 Å². The molecule has 0 radical (unpaired) electrons. The molecular formula is C15H17N7. The van der Waals surface area contributed by atoms with Gasteiger partial charge >= 0.3 is 0 Å². The molecule has 0 atom stereocenters. The summed E-state index contributed by atoms with van der Waals surface area (Å²) in [5.74, 6) is 1.26. The number of hydrogen-bond donors (Lipinski definition) is 2. The third kappa shape index (κ3) is 2.26. The van der Waals surface area contributed by atoms with Crippen molar-refractivity contribution in [3.05, 3.63) is 42.5 Å². The Morgan fingerprint density at radius 1 is 1.32 bits per heavy atom. The van der Waals surface area contributed by atoms with Gasteiger partial charge in [0.2, 0.25) is 0 Å². The Kier molecular flexibility index (Phi) is 3.69. The number of pyridine rings is 2. The summed E-state index contributed by atoms with van der Waals surface area (Å²) in [6, 6.07) is 5.78. The Morgan fingerprint density at radius 3 is 2.86 bits per heavy atom. The van der Waals surface area contributed by atoms with Crippen LogP contribution in [-0.4, -0.2) is 39.4 Å². The predicted octanol–water partition coefficient (Wildman–Crippen LogP) is 1.85. The van der Waals surface area contributed by atoms with E-state index in [0.717, 1.165) is 29.1 Å². The molecule has 7 heteroatoms. The minimum Gasteiger partial charge on any atom is -0.383 e. The minimum atomic E-state index is 0.432. The minimum absolute atomic E-state index is 0.432. The molecule has 3 rings (SSSR count). The summed E-state index contributed by atoms with van der Waals surface area (Å²) in [7, 11) is 1.67. The fourth-order valence-corrected chi connectivity index (χ4v) is 2.43. The van der Waals surface area contributed by atoms with E-state index in [1.165, 1.54) is 0 Å². The van der Waals surface area contributed by atoms with Crippen LogP contribution in [0.3, 0.4) is 0 Å². The van der Waals surface area contributed by atoms with Crippen molar-refractivity contribution in [2.45, 2.75) is 6.92 Å². The summed E-state index contributed by atoms with van der Waals surface area (Å²) in [6.45, 7) is 2.78. The smallest absolute Gasteiger partial charge is 0.178 e. The second kappa shape index (κ2) is 5.80. The number of hydrogen-bond acceptors (Lipinski definition) is 5.